The maximum absolute atomic E-state index is 12.3. The number of benzene rings is 4. The van der Waals surface area contributed by atoms with Gasteiger partial charge in [0.05, 0.1) is 62.6 Å². The average molecular weight is 1190 g/mol. The summed E-state index contributed by atoms with van der Waals surface area (Å²) in [7, 11) is 0. The number of anilines is 7. The maximum Gasteiger partial charge on any atom is 0.217 e. The summed E-state index contributed by atoms with van der Waals surface area (Å²) in [4.78, 5) is 12.8. The summed E-state index contributed by atoms with van der Waals surface area (Å²) < 4.78 is 62.8. The standard InChI is InChI=1S/C54H75N7O19S2/c1-26-4-6-28(7-5-26)59-33-16-17-34(40(20-33)81-18-3-19-82(72)73)60-31-12-8-29(9-13-31)58-30-10-14-32(15-11-30)61-43-48(71)51(79-52-41(55)46(69)45(68)36(21-62)75-52)39(24-65)77-54(43)80-50-38(23-64)76-53(42(56)47(50)70)78-49-37(22-63)74-25-35(44(49)67)57-27(2)66/h4-17,20,35-39,41-54,58-65,67-71H,3,18-19,21-25,55-56H2,1-2H3,(H,57,66)(H,72,73)/t35?,36?,37?,38?,39?,41?,42?,43?,44-,45-,46-,47-,48-,49-,50-,51-,52+,53+,54+/m1/s1. The van der Waals surface area contributed by atoms with Gasteiger partial charge in [-0.25, -0.2) is 4.21 Å². The highest BCUT2D eigenvalue weighted by Gasteiger charge is 2.54. The largest absolute Gasteiger partial charge is 0.394 e. The number of hydrogen-bond acceptors (Lipinski definition) is 25. The lowest BCUT2D eigenvalue weighted by Gasteiger charge is -2.50. The summed E-state index contributed by atoms with van der Waals surface area (Å²) in [5.74, 6) is 0.342. The van der Waals surface area contributed by atoms with Crippen LogP contribution < -0.4 is 38.1 Å². The smallest absolute Gasteiger partial charge is 0.217 e. The molecule has 19 N–H and O–H groups in total. The van der Waals surface area contributed by atoms with Gasteiger partial charge in [-0.05, 0) is 98.0 Å². The lowest BCUT2D eigenvalue weighted by atomic mass is 9.93. The van der Waals surface area contributed by atoms with E-state index in [9.17, 15) is 59.5 Å². The highest BCUT2D eigenvalue weighted by molar-refractivity contribution is 7.99. The van der Waals surface area contributed by atoms with Crippen molar-refractivity contribution in [3.8, 4) is 0 Å². The van der Waals surface area contributed by atoms with Gasteiger partial charge in [0, 0.05) is 45.9 Å². The Labute approximate surface area is 480 Å². The van der Waals surface area contributed by atoms with Gasteiger partial charge >= 0.3 is 0 Å². The van der Waals surface area contributed by atoms with Gasteiger partial charge in [0.15, 0.2) is 30.0 Å². The minimum atomic E-state index is -1.88. The first kappa shape index (κ1) is 63.3. The molecule has 0 saturated carbocycles. The molecule has 4 aromatic rings. The molecule has 4 aliphatic rings. The molecule has 0 aromatic heterocycles. The Morgan fingerprint density at radius 1 is 0.610 bits per heavy atom. The molecule has 4 fully saturated rings. The molecule has 0 aliphatic carbocycles. The third-order valence-corrected chi connectivity index (χ3v) is 16.2. The predicted molar refractivity (Wildman–Crippen MR) is 301 cm³/mol. The van der Waals surface area contributed by atoms with Gasteiger partial charge in [0.1, 0.15) is 79.3 Å². The van der Waals surface area contributed by atoms with Crippen LogP contribution >= 0.6 is 11.8 Å². The number of carbonyl (C=O) groups is 1. The third-order valence-electron chi connectivity index (χ3n) is 14.4. The molecule has 0 spiro atoms. The molecule has 26 nitrogen and oxygen atoms in total. The first-order valence-electron chi connectivity index (χ1n) is 26.7. The Bertz CT molecular complexity index is 2680. The molecule has 1 amide bonds. The number of nitrogens with one attached hydrogen (secondary N) is 5. The van der Waals surface area contributed by atoms with E-state index in [4.69, 9.17) is 44.6 Å². The molecule has 452 valence electrons. The van der Waals surface area contributed by atoms with E-state index in [0.29, 0.717) is 23.5 Å². The Hall–Kier alpha value is -4.71. The van der Waals surface area contributed by atoms with Crippen molar-refractivity contribution in [1.82, 2.24) is 5.32 Å². The van der Waals surface area contributed by atoms with Gasteiger partial charge < -0.3 is 122 Å². The summed E-state index contributed by atoms with van der Waals surface area (Å²) in [5.41, 5.74) is 19.1. The highest BCUT2D eigenvalue weighted by atomic mass is 32.2. The van der Waals surface area contributed by atoms with E-state index in [2.05, 4.69) is 26.6 Å². The second-order valence-electron chi connectivity index (χ2n) is 20.5. The molecule has 4 heterocycles. The molecule has 28 heteroatoms. The topological polar surface area (TPSA) is 413 Å². The van der Waals surface area contributed by atoms with Crippen LogP contribution in [0.25, 0.3) is 0 Å². The second kappa shape index (κ2) is 29.4. The molecule has 82 heavy (non-hydrogen) atoms. The first-order valence-corrected chi connectivity index (χ1v) is 29.0. The lowest BCUT2D eigenvalue weighted by molar-refractivity contribution is -0.354. The van der Waals surface area contributed by atoms with E-state index in [-0.39, 0.29) is 12.4 Å². The summed E-state index contributed by atoms with van der Waals surface area (Å²) in [6.07, 6.45) is -21.9. The number of carbonyl (C=O) groups excluding carboxylic acids is 1. The van der Waals surface area contributed by atoms with E-state index < -0.39 is 160 Å². The number of aliphatic hydroxyl groups excluding tert-OH is 9. The number of amides is 1. The molecule has 8 rings (SSSR count). The van der Waals surface area contributed by atoms with Crippen molar-refractivity contribution < 1.29 is 92.7 Å². The quantitative estimate of drug-likeness (QED) is 0.0236. The number of aliphatic hydroxyl groups is 9. The summed E-state index contributed by atoms with van der Waals surface area (Å²) in [6, 6.07) is 23.3. The van der Waals surface area contributed by atoms with Gasteiger partial charge in [-0.2, -0.15) is 0 Å². The molecule has 4 saturated heterocycles. The van der Waals surface area contributed by atoms with Crippen LogP contribution in [0.3, 0.4) is 0 Å². The number of rotatable bonds is 24. The molecule has 4 aromatic carbocycles. The van der Waals surface area contributed by atoms with Crippen molar-refractivity contribution in [1.29, 1.82) is 0 Å². The average Bonchev–Trinajstić information content (AvgIpc) is 3.27. The zero-order valence-electron chi connectivity index (χ0n) is 44.9. The van der Waals surface area contributed by atoms with E-state index in [1.165, 1.54) is 6.92 Å². The predicted octanol–water partition coefficient (Wildman–Crippen LogP) is -0.628. The number of nitrogens with two attached hydrogens (primary N) is 2. The van der Waals surface area contributed by atoms with Crippen LogP contribution in [-0.4, -0.2) is 221 Å². The van der Waals surface area contributed by atoms with Crippen LogP contribution in [0.5, 0.6) is 0 Å². The van der Waals surface area contributed by atoms with E-state index in [1.54, 1.807) is 36.0 Å². The van der Waals surface area contributed by atoms with Gasteiger partial charge in [-0.15, -0.1) is 11.8 Å². The van der Waals surface area contributed by atoms with Crippen molar-refractivity contribution in [2.24, 2.45) is 11.5 Å². The van der Waals surface area contributed by atoms with Crippen molar-refractivity contribution in [2.75, 3.05) is 65.8 Å². The van der Waals surface area contributed by atoms with Crippen LogP contribution in [0.4, 0.5) is 39.8 Å². The van der Waals surface area contributed by atoms with Crippen LogP contribution in [0.2, 0.25) is 0 Å². The molecular formula is C54H75N7O19S2. The maximum atomic E-state index is 12.3. The summed E-state index contributed by atoms with van der Waals surface area (Å²) in [5, 5.41) is 114. The molecule has 4 aliphatic heterocycles. The van der Waals surface area contributed by atoms with Crippen molar-refractivity contribution in [2.45, 2.75) is 141 Å². The second-order valence-corrected chi connectivity index (χ2v) is 22.6. The number of thioether (sulfide) groups is 1. The van der Waals surface area contributed by atoms with E-state index in [1.807, 2.05) is 73.7 Å². The lowest BCUT2D eigenvalue weighted by Crippen LogP contribution is -2.69. The van der Waals surface area contributed by atoms with Gasteiger partial charge in [-0.1, -0.05) is 17.7 Å². The van der Waals surface area contributed by atoms with E-state index in [0.717, 1.165) is 38.9 Å². The third kappa shape index (κ3) is 15.8. The minimum Gasteiger partial charge on any atom is -0.394 e. The van der Waals surface area contributed by atoms with Crippen LogP contribution in [-0.2, 0) is 49.0 Å². The summed E-state index contributed by atoms with van der Waals surface area (Å²) >= 11 is -0.302. The molecular weight excluding hydrogens is 1110 g/mol. The molecule has 9 unspecified atom stereocenters. The zero-order chi connectivity index (χ0) is 58.8. The molecule has 0 bridgehead atoms. The fourth-order valence-electron chi connectivity index (χ4n) is 9.95. The monoisotopic (exact) mass is 1190 g/mol. The Morgan fingerprint density at radius 2 is 1.09 bits per heavy atom. The van der Waals surface area contributed by atoms with Gasteiger partial charge in [0.2, 0.25) is 5.91 Å². The molecule has 20 atom stereocenters. The SMILES string of the molecule is CC(=O)NC1COC(CO)[C@@H](O[C@@H]2OC(CO)[C@@H](O[C@@H]3OC(CO)[C@@H](O[C@@H]4OC(CO)[C@@H](O)[C@H](O)C4N)[C@H](O)C3Nc3ccc(Nc4ccc(Nc5ccc(Nc6ccc(C)cc6)cc5SCCCS(=O)O)cc4)cc3)[C@H](O)C2N)[C@@H]1O. The van der Waals surface area contributed by atoms with Crippen LogP contribution in [0, 0.1) is 6.92 Å². The minimum absolute atomic E-state index is 0.150. The fourth-order valence-corrected chi connectivity index (χ4v) is 11.5. The Morgan fingerprint density at radius 3 is 1.66 bits per heavy atom. The zero-order valence-corrected chi connectivity index (χ0v) is 46.5. The number of hydrogen-bond donors (Lipinski definition) is 17. The van der Waals surface area contributed by atoms with Gasteiger partial charge in [0.25, 0.3) is 0 Å². The van der Waals surface area contributed by atoms with Crippen molar-refractivity contribution >= 4 is 68.6 Å². The highest BCUT2D eigenvalue weighted by Crippen LogP contribution is 2.37. The normalized spacial score (nSPS) is 33.5. The van der Waals surface area contributed by atoms with Crippen molar-refractivity contribution in [3.63, 3.8) is 0 Å². The van der Waals surface area contributed by atoms with Gasteiger partial charge in [-0.3, -0.25) is 4.79 Å². The van der Waals surface area contributed by atoms with E-state index >= 15 is 0 Å². The number of ether oxygens (including phenoxy) is 7. The van der Waals surface area contributed by atoms with Crippen LogP contribution in [0.15, 0.2) is 95.9 Å². The Balaban J connectivity index is 0.977. The van der Waals surface area contributed by atoms with Crippen molar-refractivity contribution in [3.05, 3.63) is 96.6 Å². The first-order chi connectivity index (χ1) is 39.4. The van der Waals surface area contributed by atoms with Crippen LogP contribution in [0.1, 0.15) is 18.9 Å². The number of aryl methyl sites for hydroxylation is 1. The Kier molecular flexibility index (Phi) is 22.7. The summed E-state index contributed by atoms with van der Waals surface area (Å²) in [6.45, 7) is 0.176. The molecule has 0 radical (unpaired) electrons. The fraction of sp³-hybridized carbons (Fsp3) is 0.537.